The molecule has 1 aromatic rings. The minimum Gasteiger partial charge on any atom is -0.384 e. The first kappa shape index (κ1) is 12.7. The van der Waals surface area contributed by atoms with Crippen LogP contribution in [0, 0.1) is 0 Å². The minimum atomic E-state index is -3.21. The quantitative estimate of drug-likeness (QED) is 0.559. The van der Waals surface area contributed by atoms with Crippen molar-refractivity contribution in [2.75, 3.05) is 19.3 Å². The Morgan fingerprint density at radius 3 is 2.56 bits per heavy atom. The number of hydrogen-bond donors (Lipinski definition) is 2. The van der Waals surface area contributed by atoms with Gasteiger partial charge in [-0.15, -0.1) is 0 Å². The number of hydrogen-bond acceptors (Lipinski definition) is 3. The highest BCUT2D eigenvalue weighted by atomic mass is 32.2. The number of sulfonamides is 1. The Labute approximate surface area is 95.4 Å². The van der Waals surface area contributed by atoms with Crippen molar-refractivity contribution in [1.29, 1.82) is 0 Å². The molecule has 0 spiro atoms. The lowest BCUT2D eigenvalue weighted by Gasteiger charge is -2.01. The van der Waals surface area contributed by atoms with E-state index in [4.69, 9.17) is 5.73 Å². The van der Waals surface area contributed by atoms with Crippen LogP contribution < -0.4 is 10.5 Å². The molecule has 16 heavy (non-hydrogen) atoms. The van der Waals surface area contributed by atoms with E-state index in [0.29, 0.717) is 5.84 Å². The van der Waals surface area contributed by atoms with Gasteiger partial charge in [-0.1, -0.05) is 30.3 Å². The van der Waals surface area contributed by atoms with Gasteiger partial charge in [-0.05, 0) is 7.05 Å². The van der Waals surface area contributed by atoms with Crippen LogP contribution >= 0.6 is 0 Å². The zero-order valence-electron chi connectivity index (χ0n) is 9.05. The molecular weight excluding hydrogens is 226 g/mol. The van der Waals surface area contributed by atoms with Crippen LogP contribution in [0.4, 0.5) is 0 Å². The lowest BCUT2D eigenvalue weighted by atomic mass is 10.2. The van der Waals surface area contributed by atoms with Gasteiger partial charge in [-0.25, -0.2) is 13.1 Å². The third-order valence-corrected chi connectivity index (χ3v) is 3.36. The first-order valence-corrected chi connectivity index (χ1v) is 6.47. The molecule has 1 aromatic carbocycles. The van der Waals surface area contributed by atoms with Gasteiger partial charge in [-0.3, -0.25) is 4.99 Å². The van der Waals surface area contributed by atoms with E-state index in [1.807, 2.05) is 30.3 Å². The molecule has 0 aliphatic heterocycles. The number of rotatable bonds is 5. The molecule has 0 unspecified atom stereocenters. The molecule has 0 aliphatic carbocycles. The summed E-state index contributed by atoms with van der Waals surface area (Å²) in [4.78, 5) is 4.00. The molecule has 1 rings (SSSR count). The molecule has 3 N–H and O–H groups in total. The van der Waals surface area contributed by atoms with Gasteiger partial charge in [0.1, 0.15) is 5.84 Å². The summed E-state index contributed by atoms with van der Waals surface area (Å²) in [5.74, 6) is 0.295. The average Bonchev–Trinajstić information content (AvgIpc) is 2.30. The van der Waals surface area contributed by atoms with Gasteiger partial charge in [0, 0.05) is 5.56 Å². The molecular formula is C10H15N3O2S. The van der Waals surface area contributed by atoms with Crippen LogP contribution in [-0.4, -0.2) is 33.6 Å². The van der Waals surface area contributed by atoms with Crippen LogP contribution in [0.1, 0.15) is 5.56 Å². The fourth-order valence-corrected chi connectivity index (χ4v) is 1.62. The van der Waals surface area contributed by atoms with Gasteiger partial charge in [0.2, 0.25) is 10.0 Å². The van der Waals surface area contributed by atoms with Gasteiger partial charge < -0.3 is 5.73 Å². The molecule has 88 valence electrons. The van der Waals surface area contributed by atoms with Crippen molar-refractivity contribution in [3.05, 3.63) is 35.9 Å². The largest absolute Gasteiger partial charge is 0.384 e. The second kappa shape index (κ2) is 5.62. The summed E-state index contributed by atoms with van der Waals surface area (Å²) in [5, 5.41) is 0. The topological polar surface area (TPSA) is 84.5 Å². The molecule has 5 nitrogen and oxygen atoms in total. The molecule has 0 saturated carbocycles. The average molecular weight is 241 g/mol. The Morgan fingerprint density at radius 2 is 2.00 bits per heavy atom. The van der Waals surface area contributed by atoms with Gasteiger partial charge in [-0.2, -0.15) is 0 Å². The molecule has 0 saturated heterocycles. The maximum Gasteiger partial charge on any atom is 0.213 e. The van der Waals surface area contributed by atoms with Crippen LogP contribution in [-0.2, 0) is 10.0 Å². The van der Waals surface area contributed by atoms with Crippen molar-refractivity contribution in [3.8, 4) is 0 Å². The van der Waals surface area contributed by atoms with Crippen LogP contribution in [0.3, 0.4) is 0 Å². The summed E-state index contributed by atoms with van der Waals surface area (Å²) in [5.41, 5.74) is 6.50. The van der Waals surface area contributed by atoms with Crippen LogP contribution in [0.2, 0.25) is 0 Å². The summed E-state index contributed by atoms with van der Waals surface area (Å²) >= 11 is 0. The highest BCUT2D eigenvalue weighted by Gasteiger charge is 2.05. The number of amidine groups is 1. The standard InChI is InChI=1S/C10H15N3O2S/c1-12-16(14,15)8-7-13-10(11)9-5-3-2-4-6-9/h2-6,12H,7-8H2,1H3,(H2,11,13). The fourth-order valence-electron chi connectivity index (χ4n) is 1.09. The number of nitrogens with zero attached hydrogens (tertiary/aromatic N) is 1. The molecule has 0 heterocycles. The Bertz CT molecular complexity index is 454. The van der Waals surface area contributed by atoms with Crippen LogP contribution in [0.25, 0.3) is 0 Å². The smallest absolute Gasteiger partial charge is 0.213 e. The maximum atomic E-state index is 11.1. The molecule has 6 heteroatoms. The van der Waals surface area contributed by atoms with Crippen molar-refractivity contribution >= 4 is 15.9 Å². The predicted octanol–water partition coefficient (Wildman–Crippen LogP) is -0.0589. The third kappa shape index (κ3) is 4.00. The first-order valence-electron chi connectivity index (χ1n) is 4.82. The molecule has 0 radical (unpaired) electrons. The lowest BCUT2D eigenvalue weighted by molar-refractivity contribution is 0.588. The summed E-state index contributed by atoms with van der Waals surface area (Å²) in [6.07, 6.45) is 0. The SMILES string of the molecule is CNS(=O)(=O)CCN=C(N)c1ccccc1. The number of aliphatic imine (C=N–C) groups is 1. The zero-order valence-corrected chi connectivity index (χ0v) is 9.87. The Kier molecular flexibility index (Phi) is 4.45. The number of nitrogens with one attached hydrogen (secondary N) is 1. The lowest BCUT2D eigenvalue weighted by Crippen LogP contribution is -2.24. The van der Waals surface area contributed by atoms with Crippen molar-refractivity contribution < 1.29 is 8.42 Å². The zero-order chi connectivity index (χ0) is 12.0. The third-order valence-electron chi connectivity index (χ3n) is 2.02. The molecule has 0 amide bonds. The van der Waals surface area contributed by atoms with E-state index in [-0.39, 0.29) is 12.3 Å². The van der Waals surface area contributed by atoms with Crippen LogP contribution in [0.5, 0.6) is 0 Å². The van der Waals surface area contributed by atoms with E-state index in [1.54, 1.807) is 0 Å². The fraction of sp³-hybridized carbons (Fsp3) is 0.300. The van der Waals surface area contributed by atoms with Crippen LogP contribution in [0.15, 0.2) is 35.3 Å². The van der Waals surface area contributed by atoms with E-state index in [0.717, 1.165) is 5.56 Å². The van der Waals surface area contributed by atoms with E-state index < -0.39 is 10.0 Å². The van der Waals surface area contributed by atoms with E-state index in [2.05, 4.69) is 9.71 Å². The normalized spacial score (nSPS) is 12.7. The number of benzene rings is 1. The van der Waals surface area contributed by atoms with Gasteiger partial charge in [0.05, 0.1) is 12.3 Å². The number of nitrogens with two attached hydrogens (primary N) is 1. The summed E-state index contributed by atoms with van der Waals surface area (Å²) in [7, 11) is -1.84. The monoisotopic (exact) mass is 241 g/mol. The maximum absolute atomic E-state index is 11.1. The highest BCUT2D eigenvalue weighted by Crippen LogP contribution is 1.97. The second-order valence-electron chi connectivity index (χ2n) is 3.16. The summed E-state index contributed by atoms with van der Waals surface area (Å²) < 4.78 is 24.4. The Hall–Kier alpha value is -1.40. The first-order chi connectivity index (χ1) is 7.55. The van der Waals surface area contributed by atoms with E-state index in [9.17, 15) is 8.42 Å². The minimum absolute atomic E-state index is 0.0585. The summed E-state index contributed by atoms with van der Waals surface area (Å²) in [6.45, 7) is 0.157. The highest BCUT2D eigenvalue weighted by molar-refractivity contribution is 7.89. The van der Waals surface area contributed by atoms with Gasteiger partial charge in [0.15, 0.2) is 0 Å². The Balaban J connectivity index is 2.60. The molecule has 0 atom stereocenters. The summed E-state index contributed by atoms with van der Waals surface area (Å²) in [6, 6.07) is 9.23. The van der Waals surface area contributed by atoms with Crippen molar-refractivity contribution in [1.82, 2.24) is 4.72 Å². The van der Waals surface area contributed by atoms with E-state index in [1.165, 1.54) is 7.05 Å². The molecule has 0 aromatic heterocycles. The Morgan fingerprint density at radius 1 is 1.38 bits per heavy atom. The van der Waals surface area contributed by atoms with E-state index >= 15 is 0 Å². The van der Waals surface area contributed by atoms with Gasteiger partial charge in [0.25, 0.3) is 0 Å². The molecule has 0 bridgehead atoms. The van der Waals surface area contributed by atoms with Crippen molar-refractivity contribution in [2.45, 2.75) is 0 Å². The second-order valence-corrected chi connectivity index (χ2v) is 5.20. The molecule has 0 fully saturated rings. The van der Waals surface area contributed by atoms with Crippen molar-refractivity contribution in [2.24, 2.45) is 10.7 Å². The van der Waals surface area contributed by atoms with Gasteiger partial charge >= 0.3 is 0 Å². The van der Waals surface area contributed by atoms with Crippen molar-refractivity contribution in [3.63, 3.8) is 0 Å². The molecule has 0 aliphatic rings. The predicted molar refractivity (Wildman–Crippen MR) is 64.9 cm³/mol.